The number of rotatable bonds is 5. The molecule has 1 aromatic rings. The first-order chi connectivity index (χ1) is 10.2. The van der Waals surface area contributed by atoms with Gasteiger partial charge in [-0.25, -0.2) is 5.48 Å². The average molecular weight is 291 g/mol. The molecule has 6 nitrogen and oxygen atoms in total. The molecule has 1 fully saturated rings. The minimum atomic E-state index is -0.539. The molecule has 0 aromatic heterocycles. The van der Waals surface area contributed by atoms with E-state index in [2.05, 4.69) is 5.32 Å². The Labute approximate surface area is 124 Å². The van der Waals surface area contributed by atoms with E-state index in [9.17, 15) is 9.59 Å². The van der Waals surface area contributed by atoms with Crippen molar-refractivity contribution in [1.82, 2.24) is 15.7 Å². The topological polar surface area (TPSA) is 81.7 Å². The number of benzene rings is 1. The van der Waals surface area contributed by atoms with Crippen LogP contribution >= 0.6 is 0 Å². The molecule has 0 saturated carbocycles. The average Bonchev–Trinajstić information content (AvgIpc) is 2.56. The molecule has 0 radical (unpaired) electrons. The zero-order chi connectivity index (χ0) is 15.1. The molecule has 3 N–H and O–H groups in total. The summed E-state index contributed by atoms with van der Waals surface area (Å²) in [5.74, 6) is -0.700. The molecule has 0 spiro atoms. The van der Waals surface area contributed by atoms with Gasteiger partial charge in [0.2, 0.25) is 0 Å². The van der Waals surface area contributed by atoms with E-state index < -0.39 is 11.9 Å². The van der Waals surface area contributed by atoms with Crippen molar-refractivity contribution in [2.45, 2.75) is 25.3 Å². The Morgan fingerprint density at radius 2 is 1.81 bits per heavy atom. The molecule has 114 valence electrons. The highest BCUT2D eigenvalue weighted by Gasteiger charge is 2.27. The summed E-state index contributed by atoms with van der Waals surface area (Å²) in [6.07, 6.45) is 3.21. The fourth-order valence-electron chi connectivity index (χ4n) is 2.57. The second kappa shape index (κ2) is 7.75. The van der Waals surface area contributed by atoms with Gasteiger partial charge in [0.1, 0.15) is 6.04 Å². The number of carbonyl (C=O) groups is 2. The van der Waals surface area contributed by atoms with Crippen LogP contribution in [0.15, 0.2) is 30.3 Å². The van der Waals surface area contributed by atoms with E-state index in [1.54, 1.807) is 29.7 Å². The van der Waals surface area contributed by atoms with Crippen molar-refractivity contribution < 1.29 is 14.8 Å². The molecule has 21 heavy (non-hydrogen) atoms. The molecule has 2 amide bonds. The Balaban J connectivity index is 1.95. The maximum Gasteiger partial charge on any atom is 0.262 e. The summed E-state index contributed by atoms with van der Waals surface area (Å²) >= 11 is 0. The fourth-order valence-corrected chi connectivity index (χ4v) is 2.57. The van der Waals surface area contributed by atoms with Gasteiger partial charge in [-0.2, -0.15) is 0 Å². The summed E-state index contributed by atoms with van der Waals surface area (Å²) in [4.78, 5) is 25.8. The largest absolute Gasteiger partial charge is 0.350 e. The maximum atomic E-state index is 12.0. The number of nitrogens with zero attached hydrogens (tertiary/aromatic N) is 1. The summed E-state index contributed by atoms with van der Waals surface area (Å²) in [6.45, 7) is 1.79. The summed E-state index contributed by atoms with van der Waals surface area (Å²) in [5, 5.41) is 11.6. The number of piperidine rings is 1. The lowest BCUT2D eigenvalue weighted by atomic mass is 10.1. The Hall–Kier alpha value is -1.92. The molecule has 6 heteroatoms. The Morgan fingerprint density at radius 3 is 2.43 bits per heavy atom. The monoisotopic (exact) mass is 291 g/mol. The van der Waals surface area contributed by atoms with Gasteiger partial charge >= 0.3 is 0 Å². The van der Waals surface area contributed by atoms with Crippen molar-refractivity contribution in [1.29, 1.82) is 0 Å². The van der Waals surface area contributed by atoms with E-state index in [4.69, 9.17) is 5.21 Å². The van der Waals surface area contributed by atoms with Gasteiger partial charge in [0.25, 0.3) is 11.8 Å². The SMILES string of the molecule is O=C(NCC(C(=O)NO)N1CCCCC1)c1ccccc1. The Kier molecular flexibility index (Phi) is 5.71. The first-order valence-electron chi connectivity index (χ1n) is 7.23. The molecule has 1 saturated heterocycles. The highest BCUT2D eigenvalue weighted by molar-refractivity contribution is 5.94. The third kappa shape index (κ3) is 4.27. The van der Waals surface area contributed by atoms with Crippen molar-refractivity contribution in [3.05, 3.63) is 35.9 Å². The molecule has 2 rings (SSSR count). The highest BCUT2D eigenvalue weighted by Crippen LogP contribution is 2.12. The van der Waals surface area contributed by atoms with Crippen molar-refractivity contribution in [3.8, 4) is 0 Å². The molecule has 0 bridgehead atoms. The number of hydrogen-bond acceptors (Lipinski definition) is 4. The van der Waals surface area contributed by atoms with Crippen molar-refractivity contribution in [3.63, 3.8) is 0 Å². The van der Waals surface area contributed by atoms with E-state index in [1.165, 1.54) is 0 Å². The van der Waals surface area contributed by atoms with E-state index in [0.29, 0.717) is 5.56 Å². The fraction of sp³-hybridized carbons (Fsp3) is 0.467. The summed E-state index contributed by atoms with van der Waals surface area (Å²) in [6, 6.07) is 8.32. The van der Waals surface area contributed by atoms with Gasteiger partial charge in [-0.3, -0.25) is 19.7 Å². The first kappa shape index (κ1) is 15.5. The third-order valence-electron chi connectivity index (χ3n) is 3.74. The van der Waals surface area contributed by atoms with Crippen LogP contribution in [0.5, 0.6) is 0 Å². The predicted octanol–water partition coefficient (Wildman–Crippen LogP) is 0.776. The van der Waals surface area contributed by atoms with Crippen LogP contribution in [0.25, 0.3) is 0 Å². The van der Waals surface area contributed by atoms with E-state index >= 15 is 0 Å². The number of nitrogens with one attached hydrogen (secondary N) is 2. The normalized spacial score (nSPS) is 17.0. The van der Waals surface area contributed by atoms with Crippen LogP contribution in [-0.2, 0) is 4.79 Å². The second-order valence-corrected chi connectivity index (χ2v) is 5.16. The highest BCUT2D eigenvalue weighted by atomic mass is 16.5. The molecule has 1 aliphatic heterocycles. The van der Waals surface area contributed by atoms with Gasteiger partial charge in [-0.05, 0) is 38.1 Å². The molecule has 1 heterocycles. The minimum Gasteiger partial charge on any atom is -0.350 e. The molecular formula is C15H21N3O3. The summed E-state index contributed by atoms with van der Waals surface area (Å²) in [5.41, 5.74) is 2.25. The molecule has 1 atom stereocenters. The number of hydrogen-bond donors (Lipinski definition) is 3. The minimum absolute atomic E-state index is 0.181. The number of amides is 2. The molecule has 1 aliphatic rings. The van der Waals surface area contributed by atoms with Gasteiger partial charge in [0, 0.05) is 12.1 Å². The molecule has 0 aliphatic carbocycles. The summed E-state index contributed by atoms with van der Waals surface area (Å²) < 4.78 is 0. The van der Waals surface area contributed by atoms with Crippen LogP contribution < -0.4 is 10.8 Å². The lowest BCUT2D eigenvalue weighted by Crippen LogP contribution is -2.53. The zero-order valence-electron chi connectivity index (χ0n) is 11.9. The predicted molar refractivity (Wildman–Crippen MR) is 77.9 cm³/mol. The van der Waals surface area contributed by atoms with Gasteiger partial charge in [0.05, 0.1) is 0 Å². The Bertz CT molecular complexity index is 472. The van der Waals surface area contributed by atoms with E-state index in [-0.39, 0.29) is 12.5 Å². The van der Waals surface area contributed by atoms with Gasteiger partial charge in [-0.1, -0.05) is 24.6 Å². The number of likely N-dealkylation sites (tertiary alicyclic amines) is 1. The first-order valence-corrected chi connectivity index (χ1v) is 7.23. The third-order valence-corrected chi connectivity index (χ3v) is 3.74. The number of carbonyl (C=O) groups excluding carboxylic acids is 2. The molecule has 1 unspecified atom stereocenters. The van der Waals surface area contributed by atoms with E-state index in [0.717, 1.165) is 32.4 Å². The van der Waals surface area contributed by atoms with E-state index in [1.807, 2.05) is 11.0 Å². The smallest absolute Gasteiger partial charge is 0.262 e. The molecule has 1 aromatic carbocycles. The van der Waals surface area contributed by atoms with Crippen LogP contribution in [-0.4, -0.2) is 47.6 Å². The van der Waals surface area contributed by atoms with Crippen LogP contribution in [0.3, 0.4) is 0 Å². The Morgan fingerprint density at radius 1 is 1.14 bits per heavy atom. The lowest BCUT2D eigenvalue weighted by Gasteiger charge is -2.33. The van der Waals surface area contributed by atoms with Crippen LogP contribution in [0.1, 0.15) is 29.6 Å². The van der Waals surface area contributed by atoms with Crippen LogP contribution in [0.2, 0.25) is 0 Å². The quantitative estimate of drug-likeness (QED) is 0.553. The zero-order valence-corrected chi connectivity index (χ0v) is 11.9. The van der Waals surface area contributed by atoms with Crippen molar-refractivity contribution in [2.75, 3.05) is 19.6 Å². The van der Waals surface area contributed by atoms with Gasteiger partial charge < -0.3 is 5.32 Å². The van der Waals surface area contributed by atoms with Gasteiger partial charge in [0.15, 0.2) is 0 Å². The summed E-state index contributed by atoms with van der Waals surface area (Å²) in [7, 11) is 0. The van der Waals surface area contributed by atoms with Crippen LogP contribution in [0.4, 0.5) is 0 Å². The maximum absolute atomic E-state index is 12.0. The lowest BCUT2D eigenvalue weighted by molar-refractivity contribution is -0.135. The van der Waals surface area contributed by atoms with Crippen LogP contribution in [0, 0.1) is 0 Å². The molecular weight excluding hydrogens is 270 g/mol. The second-order valence-electron chi connectivity index (χ2n) is 5.16. The van der Waals surface area contributed by atoms with Crippen molar-refractivity contribution in [2.24, 2.45) is 0 Å². The van der Waals surface area contributed by atoms with Gasteiger partial charge in [-0.15, -0.1) is 0 Å². The standard InChI is InChI=1S/C15H21N3O3/c19-14(12-7-3-1-4-8-12)16-11-13(15(20)17-21)18-9-5-2-6-10-18/h1,3-4,7-8,13,21H,2,5-6,9-11H2,(H,16,19)(H,17,20). The number of hydroxylamine groups is 1. The van der Waals surface area contributed by atoms with Crippen molar-refractivity contribution >= 4 is 11.8 Å².